The summed E-state index contributed by atoms with van der Waals surface area (Å²) >= 11 is 0. The van der Waals surface area contributed by atoms with Gasteiger partial charge in [-0.15, -0.1) is 0 Å². The number of nitrogens with one attached hydrogen (secondary N) is 2. The summed E-state index contributed by atoms with van der Waals surface area (Å²) in [7, 11) is 0. The van der Waals surface area contributed by atoms with Crippen LogP contribution in [0.3, 0.4) is 0 Å². The van der Waals surface area contributed by atoms with Crippen molar-refractivity contribution in [3.8, 4) is 0 Å². The van der Waals surface area contributed by atoms with Crippen molar-refractivity contribution in [2.75, 3.05) is 0 Å². The van der Waals surface area contributed by atoms with Crippen LogP contribution in [-0.4, -0.2) is 30.6 Å². The molecule has 4 aromatic rings. The van der Waals surface area contributed by atoms with Gasteiger partial charge in [-0.25, -0.2) is 0 Å². The molecule has 0 fully saturated rings. The second-order valence-corrected chi connectivity index (χ2v) is 3.66. The largest absolute Gasteiger partial charge is 0.418 e. The average molecular weight is 467 g/mol. The summed E-state index contributed by atoms with van der Waals surface area (Å²) in [6.45, 7) is 0. The van der Waals surface area contributed by atoms with Crippen molar-refractivity contribution in [3.63, 3.8) is 0 Å². The Morgan fingerprint density at radius 3 is 1.62 bits per heavy atom. The predicted molar refractivity (Wildman–Crippen MR) is 67.0 cm³/mol. The van der Waals surface area contributed by atoms with Crippen LogP contribution in [0, 0.1) is 0 Å². The molecule has 0 saturated heterocycles. The van der Waals surface area contributed by atoms with E-state index in [1.54, 1.807) is 0 Å². The van der Waals surface area contributed by atoms with E-state index < -0.39 is 0 Å². The van der Waals surface area contributed by atoms with Gasteiger partial charge in [0.15, 0.2) is 10.9 Å². The minimum absolute atomic E-state index is 0. The summed E-state index contributed by atoms with van der Waals surface area (Å²) in [4.78, 5) is 27.2. The van der Waals surface area contributed by atoms with Gasteiger partial charge in [0.1, 0.15) is 0 Å². The van der Waals surface area contributed by atoms with Crippen LogP contribution in [0.25, 0.3) is 22.3 Å². The van der Waals surface area contributed by atoms with Gasteiger partial charge in [0.2, 0.25) is 0 Å². The van der Waals surface area contributed by atoms with Crippen LogP contribution in [0.5, 0.6) is 0 Å². The van der Waals surface area contributed by atoms with Crippen molar-refractivity contribution < 1.29 is 22.4 Å². The van der Waals surface area contributed by atoms with Gasteiger partial charge in [0.05, 0.1) is 11.0 Å². The first-order valence-corrected chi connectivity index (χ1v) is 5.42. The minimum Gasteiger partial charge on any atom is -0.418 e. The molecule has 4 heterocycles. The molecule has 21 heavy (non-hydrogen) atoms. The molecular formula is C10H6AuN8O2-2. The zero-order chi connectivity index (χ0) is 13.9. The van der Waals surface area contributed by atoms with Crippen LogP contribution in [0.1, 0.15) is 0 Å². The number of fused-ring (bicyclic) bond motifs is 2. The first-order chi connectivity index (χ1) is 9.75. The fourth-order valence-corrected chi connectivity index (χ4v) is 1.49. The third-order valence-corrected chi connectivity index (χ3v) is 2.40. The van der Waals surface area contributed by atoms with E-state index in [1.807, 2.05) is 0 Å². The molecule has 0 aromatic carbocycles. The zero-order valence-electron chi connectivity index (χ0n) is 10.1. The SMILES string of the molecule is O=c1cc[nH]c2[n-]nnc12.O=c1cc[nH]c2[n-]nnc12.[Au]. The number of aromatic amines is 2. The first kappa shape index (κ1) is 14.8. The number of pyridine rings is 2. The third-order valence-electron chi connectivity index (χ3n) is 2.40. The second kappa shape index (κ2) is 6.26. The third kappa shape index (κ3) is 2.97. The molecule has 4 rings (SSSR count). The van der Waals surface area contributed by atoms with E-state index in [1.165, 1.54) is 24.5 Å². The first-order valence-electron chi connectivity index (χ1n) is 5.42. The second-order valence-electron chi connectivity index (χ2n) is 3.66. The number of hydrogen-bond acceptors (Lipinski definition) is 6. The molecule has 0 bridgehead atoms. The Balaban J connectivity index is 0.000000147. The predicted octanol–water partition coefficient (Wildman–Crippen LogP) is -1.45. The Morgan fingerprint density at radius 2 is 1.24 bits per heavy atom. The zero-order valence-corrected chi connectivity index (χ0v) is 12.3. The molecule has 0 amide bonds. The number of rotatable bonds is 0. The van der Waals surface area contributed by atoms with E-state index in [9.17, 15) is 9.59 Å². The van der Waals surface area contributed by atoms with Crippen LogP contribution in [0.2, 0.25) is 0 Å². The Labute approximate surface area is 130 Å². The van der Waals surface area contributed by atoms with E-state index in [-0.39, 0.29) is 33.2 Å². The van der Waals surface area contributed by atoms with E-state index in [4.69, 9.17) is 0 Å². The summed E-state index contributed by atoms with van der Waals surface area (Å²) in [5.74, 6) is 0. The van der Waals surface area contributed by atoms with Crippen molar-refractivity contribution in [3.05, 3.63) is 45.0 Å². The molecule has 1 radical (unpaired) electrons. The molecule has 0 saturated carbocycles. The van der Waals surface area contributed by atoms with Crippen LogP contribution in [-0.2, 0) is 22.4 Å². The van der Waals surface area contributed by atoms with Crippen molar-refractivity contribution in [1.29, 1.82) is 0 Å². The Kier molecular flexibility index (Phi) is 4.42. The summed E-state index contributed by atoms with van der Waals surface area (Å²) < 4.78 is 0. The summed E-state index contributed by atoms with van der Waals surface area (Å²) in [5.41, 5.74) is 1.16. The van der Waals surface area contributed by atoms with Gasteiger partial charge in [-0.05, 0) is 12.1 Å². The fraction of sp³-hybridized carbons (Fsp3) is 0. The molecule has 11 heteroatoms. The smallest absolute Gasteiger partial charge is 0.191 e. The normalized spacial score (nSPS) is 9.90. The maximum absolute atomic E-state index is 10.9. The van der Waals surface area contributed by atoms with Gasteiger partial charge >= 0.3 is 0 Å². The fourth-order valence-electron chi connectivity index (χ4n) is 1.49. The van der Waals surface area contributed by atoms with E-state index in [0.29, 0.717) is 22.3 Å². The molecule has 0 aliphatic carbocycles. The van der Waals surface area contributed by atoms with Gasteiger partial charge < -0.3 is 9.97 Å². The molecule has 0 atom stereocenters. The van der Waals surface area contributed by atoms with Crippen LogP contribution < -0.4 is 21.1 Å². The van der Waals surface area contributed by atoms with Gasteiger partial charge in [-0.3, -0.25) is 30.0 Å². The molecule has 0 unspecified atom stereocenters. The Morgan fingerprint density at radius 1 is 0.810 bits per heavy atom. The number of aromatic nitrogens is 8. The molecular weight excluding hydrogens is 461 g/mol. The number of hydrogen-bond donors (Lipinski definition) is 2. The van der Waals surface area contributed by atoms with Crippen molar-refractivity contribution >= 4 is 22.3 Å². The molecule has 2 N–H and O–H groups in total. The Hall–Kier alpha value is -2.56. The van der Waals surface area contributed by atoms with Crippen molar-refractivity contribution in [2.24, 2.45) is 0 Å². The quantitative estimate of drug-likeness (QED) is 0.299. The van der Waals surface area contributed by atoms with E-state index in [2.05, 4.69) is 40.8 Å². The monoisotopic (exact) mass is 467 g/mol. The van der Waals surface area contributed by atoms with Gasteiger partial charge in [-0.2, -0.15) is 10.4 Å². The molecule has 10 nitrogen and oxygen atoms in total. The summed E-state index contributed by atoms with van der Waals surface area (Å²) in [6, 6.07) is 2.78. The maximum Gasteiger partial charge on any atom is 0.191 e. The molecule has 0 aliphatic rings. The van der Waals surface area contributed by atoms with Crippen LogP contribution >= 0.6 is 0 Å². The van der Waals surface area contributed by atoms with Gasteiger partial charge in [-0.1, -0.05) is 12.4 Å². The average Bonchev–Trinajstić information content (AvgIpc) is 3.08. The van der Waals surface area contributed by atoms with Gasteiger partial charge in [0.25, 0.3) is 0 Å². The van der Waals surface area contributed by atoms with E-state index >= 15 is 0 Å². The number of H-pyrrole nitrogens is 2. The summed E-state index contributed by atoms with van der Waals surface area (Å²) in [5, 5.41) is 20.8. The topological polar surface area (TPSA) is 145 Å². The van der Waals surface area contributed by atoms with Gasteiger partial charge in [0, 0.05) is 33.7 Å². The molecule has 4 aromatic heterocycles. The standard InChI is InChI=1S/2C5H4N4O.Au/c2*10-3-1-2-6-5-4(3)7-9-8-5;/h2*1-2H,(H2,6,7,8,9,10);/p-2. The van der Waals surface area contributed by atoms with E-state index in [0.717, 1.165) is 0 Å². The molecule has 0 spiro atoms. The van der Waals surface area contributed by atoms with Crippen LogP contribution in [0.15, 0.2) is 34.1 Å². The Bertz CT molecular complexity index is 888. The summed E-state index contributed by atoms with van der Waals surface area (Å²) in [6.07, 6.45) is 3.03. The number of nitrogens with zero attached hydrogens (tertiary/aromatic N) is 6. The molecule has 0 aliphatic heterocycles. The van der Waals surface area contributed by atoms with Crippen LogP contribution in [0.4, 0.5) is 0 Å². The van der Waals surface area contributed by atoms with Crippen molar-refractivity contribution in [1.82, 2.24) is 40.8 Å². The minimum atomic E-state index is -0.154. The molecule has 111 valence electrons. The maximum atomic E-state index is 10.9. The van der Waals surface area contributed by atoms with Crippen molar-refractivity contribution in [2.45, 2.75) is 0 Å².